The van der Waals surface area contributed by atoms with Crippen molar-refractivity contribution in [2.75, 3.05) is 19.7 Å². The molecule has 1 aromatic heterocycles. The Bertz CT molecular complexity index is 817. The minimum atomic E-state index is -0.351. The summed E-state index contributed by atoms with van der Waals surface area (Å²) in [6, 6.07) is 0. The topological polar surface area (TPSA) is 84.7 Å². The zero-order chi connectivity index (χ0) is 20.4. The zero-order valence-electron chi connectivity index (χ0n) is 17.6. The van der Waals surface area contributed by atoms with Crippen LogP contribution in [0.1, 0.15) is 76.8 Å². The summed E-state index contributed by atoms with van der Waals surface area (Å²) in [5.41, 5.74) is 1.11. The zero-order valence-corrected chi connectivity index (χ0v) is 17.6. The van der Waals surface area contributed by atoms with Crippen molar-refractivity contribution >= 4 is 12.0 Å². The minimum Gasteiger partial charge on any atom is -0.448 e. The van der Waals surface area contributed by atoms with Gasteiger partial charge in [-0.1, -0.05) is 20.8 Å². The summed E-state index contributed by atoms with van der Waals surface area (Å²) >= 11 is 0. The van der Waals surface area contributed by atoms with Gasteiger partial charge in [-0.05, 0) is 43.9 Å². The van der Waals surface area contributed by atoms with E-state index in [2.05, 4.69) is 26.1 Å². The van der Waals surface area contributed by atoms with Gasteiger partial charge in [0.2, 0.25) is 5.91 Å². The monoisotopic (exact) mass is 401 g/mol. The molecule has 0 radical (unpaired) electrons. The highest BCUT2D eigenvalue weighted by atomic mass is 16.6. The first-order valence-electron chi connectivity index (χ1n) is 10.9. The number of aromatic nitrogens is 1. The quantitative estimate of drug-likeness (QED) is 0.821. The maximum Gasteiger partial charge on any atom is 0.407 e. The molecular formula is C22H31N3O4. The third kappa shape index (κ3) is 3.22. The SMILES string of the molecule is CC(C)(C)c1coc(C2CC3(CCN(C(=O)C4CC5(COC(=O)N5)C4)CC3)C2)n1. The van der Waals surface area contributed by atoms with Crippen molar-refractivity contribution in [3.8, 4) is 0 Å². The van der Waals surface area contributed by atoms with Crippen LogP contribution in [-0.2, 0) is 14.9 Å². The number of hydrogen-bond acceptors (Lipinski definition) is 5. The normalized spacial score (nSPS) is 28.0. The maximum absolute atomic E-state index is 12.8. The summed E-state index contributed by atoms with van der Waals surface area (Å²) in [5, 5.41) is 2.87. The number of nitrogens with one attached hydrogen (secondary N) is 1. The van der Waals surface area contributed by atoms with E-state index in [-0.39, 0.29) is 28.9 Å². The highest BCUT2D eigenvalue weighted by Gasteiger charge is 2.54. The highest BCUT2D eigenvalue weighted by Crippen LogP contribution is 2.56. The van der Waals surface area contributed by atoms with E-state index in [1.165, 1.54) is 0 Å². The standard InChI is InChI=1S/C22H31N3O4/c1-20(2,3)16-12-28-17(23-16)14-8-21(9-14)4-6-25(7-5-21)18(26)15-10-22(11-15)13-29-19(27)24-22/h12,14-15H,4-11,13H2,1-3H3,(H,24,27). The molecule has 29 heavy (non-hydrogen) atoms. The maximum atomic E-state index is 12.8. The van der Waals surface area contributed by atoms with Gasteiger partial charge in [0, 0.05) is 30.3 Å². The predicted octanol–water partition coefficient (Wildman–Crippen LogP) is 3.35. The van der Waals surface area contributed by atoms with Gasteiger partial charge in [0.1, 0.15) is 12.9 Å². The van der Waals surface area contributed by atoms with E-state index in [0.717, 1.165) is 50.4 Å². The molecule has 2 saturated carbocycles. The van der Waals surface area contributed by atoms with Gasteiger partial charge in [-0.3, -0.25) is 4.79 Å². The molecule has 3 heterocycles. The molecule has 2 aliphatic heterocycles. The molecule has 2 amide bonds. The number of ether oxygens (including phenoxy) is 1. The Morgan fingerprint density at radius 3 is 2.45 bits per heavy atom. The first kappa shape index (κ1) is 18.9. The van der Waals surface area contributed by atoms with E-state index < -0.39 is 0 Å². The first-order valence-corrected chi connectivity index (χ1v) is 10.9. The molecule has 7 heteroatoms. The average molecular weight is 402 g/mol. The van der Waals surface area contributed by atoms with E-state index in [0.29, 0.717) is 30.8 Å². The summed E-state index contributed by atoms with van der Waals surface area (Å²) in [6.07, 6.45) is 7.26. The largest absolute Gasteiger partial charge is 0.448 e. The molecule has 0 atom stereocenters. The Hall–Kier alpha value is -2.05. The molecule has 0 bridgehead atoms. The molecule has 2 spiro atoms. The smallest absolute Gasteiger partial charge is 0.407 e. The van der Waals surface area contributed by atoms with Crippen LogP contribution < -0.4 is 5.32 Å². The van der Waals surface area contributed by atoms with E-state index in [1.54, 1.807) is 0 Å². The van der Waals surface area contributed by atoms with Gasteiger partial charge in [-0.25, -0.2) is 9.78 Å². The lowest BCUT2D eigenvalue weighted by Gasteiger charge is -2.52. The van der Waals surface area contributed by atoms with E-state index in [1.807, 2.05) is 11.2 Å². The third-order valence-corrected chi connectivity index (χ3v) is 7.60. The molecule has 158 valence electrons. The number of piperidine rings is 1. The van der Waals surface area contributed by atoms with Gasteiger partial charge in [0.05, 0.1) is 11.2 Å². The Morgan fingerprint density at radius 1 is 1.21 bits per heavy atom. The summed E-state index contributed by atoms with van der Waals surface area (Å²) in [4.78, 5) is 30.9. The number of likely N-dealkylation sites (tertiary alicyclic amines) is 1. The molecule has 5 rings (SSSR count). The van der Waals surface area contributed by atoms with Crippen molar-refractivity contribution < 1.29 is 18.7 Å². The van der Waals surface area contributed by atoms with Gasteiger partial charge in [0.15, 0.2) is 5.89 Å². The fraction of sp³-hybridized carbons (Fsp3) is 0.773. The van der Waals surface area contributed by atoms with E-state index >= 15 is 0 Å². The van der Waals surface area contributed by atoms with E-state index in [9.17, 15) is 9.59 Å². The highest BCUT2D eigenvalue weighted by molar-refractivity contribution is 5.81. The summed E-state index contributed by atoms with van der Waals surface area (Å²) in [5.74, 6) is 1.60. The minimum absolute atomic E-state index is 0.0163. The van der Waals surface area contributed by atoms with Gasteiger partial charge >= 0.3 is 6.09 Å². The molecule has 0 unspecified atom stereocenters. The van der Waals surface area contributed by atoms with Crippen molar-refractivity contribution in [1.29, 1.82) is 0 Å². The van der Waals surface area contributed by atoms with Crippen molar-refractivity contribution in [3.63, 3.8) is 0 Å². The summed E-state index contributed by atoms with van der Waals surface area (Å²) in [6.45, 7) is 8.55. The van der Waals surface area contributed by atoms with Crippen LogP contribution in [0.4, 0.5) is 4.79 Å². The van der Waals surface area contributed by atoms with Crippen molar-refractivity contribution in [2.24, 2.45) is 11.3 Å². The Kier molecular flexibility index (Phi) is 4.07. The lowest BCUT2D eigenvalue weighted by Crippen LogP contribution is -2.59. The molecule has 4 fully saturated rings. The number of nitrogens with zero attached hydrogens (tertiary/aromatic N) is 2. The summed E-state index contributed by atoms with van der Waals surface area (Å²) in [7, 11) is 0. The number of cyclic esters (lactones) is 1. The molecular weight excluding hydrogens is 370 g/mol. The predicted molar refractivity (Wildman–Crippen MR) is 105 cm³/mol. The van der Waals surface area contributed by atoms with Crippen LogP contribution in [0.2, 0.25) is 0 Å². The van der Waals surface area contributed by atoms with Crippen LogP contribution in [-0.4, -0.2) is 47.1 Å². The van der Waals surface area contributed by atoms with Crippen LogP contribution >= 0.6 is 0 Å². The second-order valence-corrected chi connectivity index (χ2v) is 10.8. The van der Waals surface area contributed by atoms with Crippen molar-refractivity contribution in [1.82, 2.24) is 15.2 Å². The molecule has 1 aromatic rings. The fourth-order valence-corrected chi connectivity index (χ4v) is 5.62. The van der Waals surface area contributed by atoms with Crippen LogP contribution in [0.15, 0.2) is 10.7 Å². The number of amides is 2. The van der Waals surface area contributed by atoms with E-state index in [4.69, 9.17) is 14.1 Å². The lowest BCUT2D eigenvalue weighted by molar-refractivity contribution is -0.145. The number of oxazole rings is 1. The number of carbonyl (C=O) groups excluding carboxylic acids is 2. The van der Waals surface area contributed by atoms with Gasteiger partial charge < -0.3 is 19.4 Å². The first-order chi connectivity index (χ1) is 13.7. The van der Waals surface area contributed by atoms with Gasteiger partial charge in [-0.15, -0.1) is 0 Å². The average Bonchev–Trinajstić information content (AvgIpc) is 3.25. The van der Waals surface area contributed by atoms with Crippen LogP contribution in [0.25, 0.3) is 0 Å². The number of rotatable bonds is 2. The molecule has 7 nitrogen and oxygen atoms in total. The molecule has 0 aromatic carbocycles. The van der Waals surface area contributed by atoms with Gasteiger partial charge in [0.25, 0.3) is 0 Å². The van der Waals surface area contributed by atoms with Crippen LogP contribution in [0, 0.1) is 11.3 Å². The molecule has 4 aliphatic rings. The number of hydrogen-bond donors (Lipinski definition) is 1. The van der Waals surface area contributed by atoms with Crippen LogP contribution in [0.5, 0.6) is 0 Å². The Balaban J connectivity index is 1.11. The van der Waals surface area contributed by atoms with Crippen molar-refractivity contribution in [3.05, 3.63) is 17.8 Å². The Morgan fingerprint density at radius 2 is 1.90 bits per heavy atom. The third-order valence-electron chi connectivity index (χ3n) is 7.60. The summed E-state index contributed by atoms with van der Waals surface area (Å²) < 4.78 is 10.8. The van der Waals surface area contributed by atoms with Gasteiger partial charge in [-0.2, -0.15) is 0 Å². The van der Waals surface area contributed by atoms with Crippen LogP contribution in [0.3, 0.4) is 0 Å². The molecule has 2 aliphatic carbocycles. The number of carbonyl (C=O) groups is 2. The Labute approximate surface area is 171 Å². The molecule has 2 saturated heterocycles. The number of alkyl carbamates (subject to hydrolysis) is 1. The molecule has 1 N–H and O–H groups in total. The lowest BCUT2D eigenvalue weighted by atomic mass is 9.57. The van der Waals surface area contributed by atoms with Crippen molar-refractivity contribution in [2.45, 2.75) is 76.2 Å². The second kappa shape index (κ2) is 6.22. The fourth-order valence-electron chi connectivity index (χ4n) is 5.62. The second-order valence-electron chi connectivity index (χ2n) is 10.8.